The van der Waals surface area contributed by atoms with Gasteiger partial charge in [-0.2, -0.15) is 5.10 Å². The average molecular weight is 241 g/mol. The number of aryl methyl sites for hydroxylation is 1. The number of nitrogens with one attached hydrogen (secondary N) is 1. The van der Waals surface area contributed by atoms with E-state index in [1.807, 2.05) is 19.2 Å². The van der Waals surface area contributed by atoms with E-state index in [1.54, 1.807) is 10.7 Å². The second-order valence-electron chi connectivity index (χ2n) is 4.45. The number of aromatic nitrogens is 2. The normalized spacial score (nSPS) is 17.5. The van der Waals surface area contributed by atoms with Crippen molar-refractivity contribution >= 4 is 0 Å². The second kappa shape index (κ2) is 3.97. The van der Waals surface area contributed by atoms with E-state index in [9.17, 15) is 4.39 Å². The molecule has 0 aliphatic carbocycles. The summed E-state index contributed by atoms with van der Waals surface area (Å²) in [7, 11) is 0. The molecule has 0 radical (unpaired) electrons. The van der Waals surface area contributed by atoms with Gasteiger partial charge in [0.25, 0.3) is 0 Å². The van der Waals surface area contributed by atoms with Gasteiger partial charge >= 0.3 is 0 Å². The molecule has 1 aromatic heterocycles. The minimum atomic E-state index is -0.258. The zero-order chi connectivity index (χ0) is 12.7. The third-order valence-electron chi connectivity index (χ3n) is 3.01. The van der Waals surface area contributed by atoms with E-state index >= 15 is 0 Å². The van der Waals surface area contributed by atoms with Crippen LogP contribution in [0.4, 0.5) is 4.39 Å². The van der Waals surface area contributed by atoms with Crippen molar-refractivity contribution < 1.29 is 4.39 Å². The number of hydrogen-bond donors (Lipinski definition) is 1. The van der Waals surface area contributed by atoms with Gasteiger partial charge in [0.2, 0.25) is 0 Å². The Morgan fingerprint density at radius 1 is 1.50 bits per heavy atom. The van der Waals surface area contributed by atoms with Crippen LogP contribution in [0.25, 0.3) is 5.69 Å². The summed E-state index contributed by atoms with van der Waals surface area (Å²) in [6.07, 6.45) is 7.16. The third kappa shape index (κ3) is 1.89. The molecule has 1 N–H and O–H groups in total. The number of terminal acetylenes is 1. The van der Waals surface area contributed by atoms with Gasteiger partial charge in [-0.15, -0.1) is 6.42 Å². The van der Waals surface area contributed by atoms with Crippen LogP contribution in [-0.2, 0) is 0 Å². The summed E-state index contributed by atoms with van der Waals surface area (Å²) in [4.78, 5) is 0. The summed E-state index contributed by atoms with van der Waals surface area (Å²) in [5, 5.41) is 7.41. The minimum absolute atomic E-state index is 0.258. The SMILES string of the molecule is C#Cc1nn(-c2cc(F)cc(C3CN3)c2)cc1C. The van der Waals surface area contributed by atoms with Crippen LogP contribution in [-0.4, -0.2) is 16.3 Å². The highest BCUT2D eigenvalue weighted by Gasteiger charge is 2.23. The molecule has 3 nitrogen and oxygen atoms in total. The van der Waals surface area contributed by atoms with Crippen LogP contribution in [0.2, 0.25) is 0 Å². The molecule has 1 atom stereocenters. The monoisotopic (exact) mass is 241 g/mol. The van der Waals surface area contributed by atoms with Gasteiger partial charge in [-0.05, 0) is 36.6 Å². The molecule has 18 heavy (non-hydrogen) atoms. The third-order valence-corrected chi connectivity index (χ3v) is 3.01. The van der Waals surface area contributed by atoms with E-state index in [4.69, 9.17) is 6.42 Å². The Kier molecular flexibility index (Phi) is 2.42. The van der Waals surface area contributed by atoms with Crippen molar-refractivity contribution in [1.82, 2.24) is 15.1 Å². The Morgan fingerprint density at radius 2 is 2.28 bits per heavy atom. The van der Waals surface area contributed by atoms with E-state index in [0.29, 0.717) is 11.4 Å². The Morgan fingerprint density at radius 3 is 2.89 bits per heavy atom. The molecule has 0 amide bonds. The lowest BCUT2D eigenvalue weighted by Crippen LogP contribution is -1.98. The van der Waals surface area contributed by atoms with E-state index in [1.165, 1.54) is 6.07 Å². The first kappa shape index (κ1) is 11.0. The highest BCUT2D eigenvalue weighted by molar-refractivity contribution is 5.41. The molecule has 1 fully saturated rings. The topological polar surface area (TPSA) is 39.8 Å². The van der Waals surface area contributed by atoms with Crippen molar-refractivity contribution in [1.29, 1.82) is 0 Å². The number of nitrogens with zero attached hydrogens (tertiary/aromatic N) is 2. The zero-order valence-electron chi connectivity index (χ0n) is 9.94. The molecule has 1 aromatic carbocycles. The average Bonchev–Trinajstić information content (AvgIpc) is 3.12. The lowest BCUT2D eigenvalue weighted by molar-refractivity contribution is 0.622. The standard InChI is InChI=1S/C14H12FN3/c1-3-13-9(2)8-18(17-13)12-5-10(14-7-16-14)4-11(15)6-12/h1,4-6,8,14,16H,7H2,2H3. The van der Waals surface area contributed by atoms with Crippen LogP contribution in [0.15, 0.2) is 24.4 Å². The smallest absolute Gasteiger partial charge is 0.138 e. The Balaban J connectivity index is 2.07. The van der Waals surface area contributed by atoms with Crippen molar-refractivity contribution in [2.45, 2.75) is 13.0 Å². The number of rotatable bonds is 2. The molecule has 2 heterocycles. The van der Waals surface area contributed by atoms with Gasteiger partial charge in [-0.1, -0.05) is 0 Å². The van der Waals surface area contributed by atoms with Crippen molar-refractivity contribution in [2.75, 3.05) is 6.54 Å². The van der Waals surface area contributed by atoms with Crippen LogP contribution in [0.1, 0.15) is 22.9 Å². The molecule has 1 aliphatic heterocycles. The Labute approximate surface area is 105 Å². The highest BCUT2D eigenvalue weighted by Crippen LogP contribution is 2.25. The van der Waals surface area contributed by atoms with Gasteiger partial charge in [-0.25, -0.2) is 9.07 Å². The van der Waals surface area contributed by atoms with Crippen molar-refractivity contribution in [3.8, 4) is 18.0 Å². The van der Waals surface area contributed by atoms with E-state index < -0.39 is 0 Å². The molecule has 1 aliphatic rings. The maximum atomic E-state index is 13.6. The molecule has 1 saturated heterocycles. The van der Waals surface area contributed by atoms with Gasteiger partial charge in [0.15, 0.2) is 0 Å². The fourth-order valence-electron chi connectivity index (χ4n) is 1.96. The summed E-state index contributed by atoms with van der Waals surface area (Å²) in [5.74, 6) is 2.25. The highest BCUT2D eigenvalue weighted by atomic mass is 19.1. The second-order valence-corrected chi connectivity index (χ2v) is 4.45. The van der Waals surface area contributed by atoms with Crippen molar-refractivity contribution in [3.63, 3.8) is 0 Å². The molecule has 2 aromatic rings. The number of hydrogen-bond acceptors (Lipinski definition) is 2. The van der Waals surface area contributed by atoms with Crippen LogP contribution in [0.3, 0.4) is 0 Å². The Hall–Kier alpha value is -2.12. The van der Waals surface area contributed by atoms with E-state index in [2.05, 4.69) is 16.3 Å². The van der Waals surface area contributed by atoms with Crippen LogP contribution in [0.5, 0.6) is 0 Å². The lowest BCUT2D eigenvalue weighted by Gasteiger charge is -2.04. The van der Waals surface area contributed by atoms with Gasteiger partial charge in [0.1, 0.15) is 11.5 Å². The van der Waals surface area contributed by atoms with Crippen LogP contribution < -0.4 is 5.32 Å². The fraction of sp³-hybridized carbons (Fsp3) is 0.214. The summed E-state index contributed by atoms with van der Waals surface area (Å²) in [5.41, 5.74) is 3.14. The molecule has 4 heteroatoms. The molecule has 0 spiro atoms. The van der Waals surface area contributed by atoms with Crippen molar-refractivity contribution in [3.05, 3.63) is 47.0 Å². The van der Waals surface area contributed by atoms with Crippen LogP contribution in [0, 0.1) is 25.1 Å². The lowest BCUT2D eigenvalue weighted by atomic mass is 10.1. The first-order chi connectivity index (χ1) is 8.67. The minimum Gasteiger partial charge on any atom is -0.307 e. The first-order valence-electron chi connectivity index (χ1n) is 5.74. The maximum Gasteiger partial charge on any atom is 0.138 e. The van der Waals surface area contributed by atoms with Gasteiger partial charge in [0.05, 0.1) is 5.69 Å². The molecule has 3 rings (SSSR count). The molecule has 0 bridgehead atoms. The van der Waals surface area contributed by atoms with Crippen molar-refractivity contribution in [2.24, 2.45) is 0 Å². The van der Waals surface area contributed by atoms with E-state index in [0.717, 1.165) is 17.7 Å². The Bertz CT molecular complexity index is 648. The predicted molar refractivity (Wildman–Crippen MR) is 66.9 cm³/mol. The van der Waals surface area contributed by atoms with Gasteiger partial charge < -0.3 is 5.32 Å². The maximum absolute atomic E-state index is 13.6. The van der Waals surface area contributed by atoms with Gasteiger partial charge in [0, 0.05) is 24.3 Å². The first-order valence-corrected chi connectivity index (χ1v) is 5.74. The number of halogens is 1. The van der Waals surface area contributed by atoms with E-state index in [-0.39, 0.29) is 11.9 Å². The summed E-state index contributed by atoms with van der Waals surface area (Å²) >= 11 is 0. The quantitative estimate of drug-likeness (QED) is 0.644. The largest absolute Gasteiger partial charge is 0.307 e. The summed E-state index contributed by atoms with van der Waals surface area (Å²) in [6.45, 7) is 2.79. The molecular formula is C14H12FN3. The molecule has 1 unspecified atom stereocenters. The zero-order valence-corrected chi connectivity index (χ0v) is 9.94. The summed E-state index contributed by atoms with van der Waals surface area (Å²) < 4.78 is 15.2. The van der Waals surface area contributed by atoms with Gasteiger partial charge in [-0.3, -0.25) is 0 Å². The molecule has 90 valence electrons. The summed E-state index contributed by atoms with van der Waals surface area (Å²) in [6, 6.07) is 5.20. The van der Waals surface area contributed by atoms with Crippen LogP contribution >= 0.6 is 0 Å². The molecular weight excluding hydrogens is 229 g/mol. The number of benzene rings is 1. The fourth-order valence-corrected chi connectivity index (χ4v) is 1.96. The molecule has 0 saturated carbocycles. The predicted octanol–water partition coefficient (Wildman–Crippen LogP) is 1.95.